The molecule has 96 valence electrons. The summed E-state index contributed by atoms with van der Waals surface area (Å²) in [5.74, 6) is -0.238. The van der Waals surface area contributed by atoms with Crippen molar-refractivity contribution < 1.29 is 9.53 Å². The van der Waals surface area contributed by atoms with Crippen LogP contribution < -0.4 is 0 Å². The van der Waals surface area contributed by atoms with E-state index >= 15 is 0 Å². The maximum Gasteiger partial charge on any atom is 0.374 e. The van der Waals surface area contributed by atoms with Crippen LogP contribution in [0.2, 0.25) is 0 Å². The predicted molar refractivity (Wildman–Crippen MR) is 69.6 cm³/mol. The zero-order valence-corrected chi connectivity index (χ0v) is 10.3. The Bertz CT molecular complexity index is 729. The molecular weight excluding hydrogens is 244 g/mol. The SMILES string of the molecule is CCOC(=O)c1ncc(-c2ccc3nc[nH]c3c2)[nH]1. The molecule has 0 spiro atoms. The molecule has 6 nitrogen and oxygen atoms in total. The highest BCUT2D eigenvalue weighted by molar-refractivity contribution is 5.87. The number of esters is 1. The number of imidazole rings is 2. The lowest BCUT2D eigenvalue weighted by Gasteiger charge is -1.98. The third-order valence-corrected chi connectivity index (χ3v) is 2.78. The molecule has 2 N–H and O–H groups in total. The van der Waals surface area contributed by atoms with Gasteiger partial charge in [0.2, 0.25) is 5.82 Å². The smallest absolute Gasteiger partial charge is 0.374 e. The third-order valence-electron chi connectivity index (χ3n) is 2.78. The molecule has 0 saturated heterocycles. The molecule has 0 unspecified atom stereocenters. The zero-order valence-electron chi connectivity index (χ0n) is 10.3. The minimum Gasteiger partial charge on any atom is -0.460 e. The molecule has 3 aromatic rings. The van der Waals surface area contributed by atoms with E-state index in [1.54, 1.807) is 19.4 Å². The molecule has 0 bridgehead atoms. The van der Waals surface area contributed by atoms with Gasteiger partial charge in [-0.05, 0) is 19.1 Å². The standard InChI is InChI=1S/C13H12N4O2/c1-2-19-13(18)12-14-6-11(17-12)8-3-4-9-10(5-8)16-7-15-9/h3-7H,2H2,1H3,(H,14,17)(H,15,16). The average Bonchev–Trinajstić information content (AvgIpc) is 3.07. The molecule has 6 heteroatoms. The Morgan fingerprint density at radius 1 is 1.37 bits per heavy atom. The van der Waals surface area contributed by atoms with Crippen molar-refractivity contribution in [2.75, 3.05) is 6.61 Å². The van der Waals surface area contributed by atoms with Crippen molar-refractivity contribution >= 4 is 17.0 Å². The number of ether oxygens (including phenoxy) is 1. The van der Waals surface area contributed by atoms with Crippen LogP contribution in [0.3, 0.4) is 0 Å². The van der Waals surface area contributed by atoms with E-state index in [4.69, 9.17) is 4.74 Å². The highest BCUT2D eigenvalue weighted by Crippen LogP contribution is 2.21. The van der Waals surface area contributed by atoms with Crippen molar-refractivity contribution in [3.05, 3.63) is 36.5 Å². The number of rotatable bonds is 3. The molecule has 3 rings (SSSR count). The first kappa shape index (κ1) is 11.5. The number of H-pyrrole nitrogens is 2. The molecule has 19 heavy (non-hydrogen) atoms. The van der Waals surface area contributed by atoms with Gasteiger partial charge in [0, 0.05) is 5.56 Å². The van der Waals surface area contributed by atoms with E-state index in [-0.39, 0.29) is 5.82 Å². The Morgan fingerprint density at radius 3 is 3.11 bits per heavy atom. The first-order valence-electron chi connectivity index (χ1n) is 5.93. The monoisotopic (exact) mass is 256 g/mol. The maximum atomic E-state index is 11.5. The van der Waals surface area contributed by atoms with Crippen molar-refractivity contribution in [1.82, 2.24) is 19.9 Å². The molecule has 0 fully saturated rings. The number of benzene rings is 1. The number of aromatic nitrogens is 4. The summed E-state index contributed by atoms with van der Waals surface area (Å²) in [6.45, 7) is 2.09. The number of carbonyl (C=O) groups is 1. The van der Waals surface area contributed by atoms with Crippen molar-refractivity contribution in [3.8, 4) is 11.3 Å². The number of nitrogens with one attached hydrogen (secondary N) is 2. The van der Waals surface area contributed by atoms with E-state index < -0.39 is 5.97 Å². The second-order valence-electron chi connectivity index (χ2n) is 4.00. The van der Waals surface area contributed by atoms with Crippen LogP contribution in [-0.2, 0) is 4.74 Å². The van der Waals surface area contributed by atoms with Gasteiger partial charge in [0.05, 0.1) is 35.9 Å². The number of carbonyl (C=O) groups excluding carboxylic acids is 1. The quantitative estimate of drug-likeness (QED) is 0.703. The van der Waals surface area contributed by atoms with E-state index in [0.717, 1.165) is 22.3 Å². The van der Waals surface area contributed by atoms with E-state index in [2.05, 4.69) is 19.9 Å². The normalized spacial score (nSPS) is 10.8. The molecule has 0 aliphatic heterocycles. The van der Waals surface area contributed by atoms with Crippen molar-refractivity contribution in [1.29, 1.82) is 0 Å². The van der Waals surface area contributed by atoms with Gasteiger partial charge in [-0.25, -0.2) is 14.8 Å². The van der Waals surface area contributed by atoms with Crippen LogP contribution in [0, 0.1) is 0 Å². The van der Waals surface area contributed by atoms with Gasteiger partial charge in [-0.3, -0.25) is 0 Å². The Labute approximate surface area is 108 Å². The number of nitrogens with zero attached hydrogens (tertiary/aromatic N) is 2. The fraction of sp³-hybridized carbons (Fsp3) is 0.154. The molecule has 0 aliphatic carbocycles. The third kappa shape index (κ3) is 2.08. The summed E-state index contributed by atoms with van der Waals surface area (Å²) in [4.78, 5) is 25.7. The highest BCUT2D eigenvalue weighted by Gasteiger charge is 2.12. The Balaban J connectivity index is 1.95. The molecular formula is C13H12N4O2. The topological polar surface area (TPSA) is 83.7 Å². The predicted octanol–water partition coefficient (Wildman–Crippen LogP) is 2.13. The van der Waals surface area contributed by atoms with E-state index in [0.29, 0.717) is 6.61 Å². The van der Waals surface area contributed by atoms with Gasteiger partial charge in [0.15, 0.2) is 0 Å². The van der Waals surface area contributed by atoms with E-state index in [1.807, 2.05) is 18.2 Å². The zero-order chi connectivity index (χ0) is 13.2. The van der Waals surface area contributed by atoms with Crippen molar-refractivity contribution in [2.24, 2.45) is 0 Å². The summed E-state index contributed by atoms with van der Waals surface area (Å²) in [6, 6.07) is 5.78. The first-order valence-corrected chi connectivity index (χ1v) is 5.93. The second-order valence-corrected chi connectivity index (χ2v) is 4.00. The largest absolute Gasteiger partial charge is 0.460 e. The molecule has 0 saturated carbocycles. The van der Waals surface area contributed by atoms with E-state index in [1.165, 1.54) is 0 Å². The number of fused-ring (bicyclic) bond motifs is 1. The highest BCUT2D eigenvalue weighted by atomic mass is 16.5. The van der Waals surface area contributed by atoms with Crippen molar-refractivity contribution in [2.45, 2.75) is 6.92 Å². The summed E-state index contributed by atoms with van der Waals surface area (Å²) in [6.07, 6.45) is 3.26. The summed E-state index contributed by atoms with van der Waals surface area (Å²) < 4.78 is 4.89. The van der Waals surface area contributed by atoms with Crippen LogP contribution in [0.25, 0.3) is 22.3 Å². The number of hydrogen-bond donors (Lipinski definition) is 2. The van der Waals surface area contributed by atoms with Gasteiger partial charge < -0.3 is 14.7 Å². The fourth-order valence-electron chi connectivity index (χ4n) is 1.87. The molecule has 2 heterocycles. The van der Waals surface area contributed by atoms with Crippen LogP contribution >= 0.6 is 0 Å². The van der Waals surface area contributed by atoms with Gasteiger partial charge >= 0.3 is 5.97 Å². The minimum atomic E-state index is -0.448. The van der Waals surface area contributed by atoms with Crippen LogP contribution in [0.4, 0.5) is 0 Å². The lowest BCUT2D eigenvalue weighted by Crippen LogP contribution is -2.06. The van der Waals surface area contributed by atoms with Crippen LogP contribution in [0.5, 0.6) is 0 Å². The molecule has 0 radical (unpaired) electrons. The number of hydrogen-bond acceptors (Lipinski definition) is 4. The van der Waals surface area contributed by atoms with Gasteiger partial charge in [0.1, 0.15) is 0 Å². The van der Waals surface area contributed by atoms with Crippen LogP contribution in [0.1, 0.15) is 17.5 Å². The van der Waals surface area contributed by atoms with Gasteiger partial charge in [0.25, 0.3) is 0 Å². The molecule has 0 atom stereocenters. The molecule has 2 aromatic heterocycles. The Morgan fingerprint density at radius 2 is 2.26 bits per heavy atom. The lowest BCUT2D eigenvalue weighted by molar-refractivity contribution is 0.0513. The summed E-state index contributed by atoms with van der Waals surface area (Å²) >= 11 is 0. The lowest BCUT2D eigenvalue weighted by atomic mass is 10.1. The van der Waals surface area contributed by atoms with Crippen LogP contribution in [-0.4, -0.2) is 32.5 Å². The maximum absolute atomic E-state index is 11.5. The summed E-state index contributed by atoms with van der Waals surface area (Å²) in [5.41, 5.74) is 3.53. The summed E-state index contributed by atoms with van der Waals surface area (Å²) in [5, 5.41) is 0. The van der Waals surface area contributed by atoms with Crippen molar-refractivity contribution in [3.63, 3.8) is 0 Å². The van der Waals surface area contributed by atoms with Gasteiger partial charge in [-0.2, -0.15) is 0 Å². The Hall–Kier alpha value is -2.63. The Kier molecular flexibility index (Phi) is 2.75. The fourth-order valence-corrected chi connectivity index (χ4v) is 1.87. The first-order chi connectivity index (χ1) is 9.28. The van der Waals surface area contributed by atoms with Gasteiger partial charge in [-0.1, -0.05) is 6.07 Å². The van der Waals surface area contributed by atoms with Gasteiger partial charge in [-0.15, -0.1) is 0 Å². The molecule has 0 amide bonds. The summed E-state index contributed by atoms with van der Waals surface area (Å²) in [7, 11) is 0. The molecule has 1 aromatic carbocycles. The minimum absolute atomic E-state index is 0.210. The van der Waals surface area contributed by atoms with Crippen LogP contribution in [0.15, 0.2) is 30.7 Å². The average molecular weight is 256 g/mol. The molecule has 0 aliphatic rings. The van der Waals surface area contributed by atoms with E-state index in [9.17, 15) is 4.79 Å². The number of aromatic amines is 2. The second kappa shape index (κ2) is 4.56.